The summed E-state index contributed by atoms with van der Waals surface area (Å²) >= 11 is 0. The van der Waals surface area contributed by atoms with Crippen LogP contribution < -0.4 is 0 Å². The fraction of sp³-hybridized carbons (Fsp3) is 0.381. The normalized spacial score (nSPS) is 17.6. The third-order valence-electron chi connectivity index (χ3n) is 5.67. The largest absolute Gasteiger partial charge is 0.480 e. The maximum absolute atomic E-state index is 10.9. The van der Waals surface area contributed by atoms with Crippen molar-refractivity contribution in [1.82, 2.24) is 9.80 Å². The van der Waals surface area contributed by atoms with Gasteiger partial charge in [-0.25, -0.2) is 0 Å². The van der Waals surface area contributed by atoms with E-state index in [9.17, 15) is 4.79 Å². The van der Waals surface area contributed by atoms with Crippen molar-refractivity contribution in [2.45, 2.75) is 24.9 Å². The van der Waals surface area contributed by atoms with Crippen LogP contribution in [-0.2, 0) is 4.79 Å². The topological polar surface area (TPSA) is 43.8 Å². The number of hydrogen-bond donors (Lipinski definition) is 1. The number of likely N-dealkylation sites (tertiary alicyclic amines) is 1. The Morgan fingerprint density at radius 2 is 1.54 bits per heavy atom. The molecule has 4 nitrogen and oxygen atoms in total. The molecule has 1 aliphatic carbocycles. The molecule has 138 valence electrons. The number of hydrogen-bond acceptors (Lipinski definition) is 3. The molecule has 2 aliphatic rings. The molecular formula is C21H25ClN2O2. The summed E-state index contributed by atoms with van der Waals surface area (Å²) < 4.78 is 0. The number of carbonyl (C=O) groups is 1. The number of nitrogens with zero attached hydrogens (tertiary/aromatic N) is 2. The molecular weight excluding hydrogens is 348 g/mol. The highest BCUT2D eigenvalue weighted by molar-refractivity contribution is 5.85. The predicted octanol–water partition coefficient (Wildman–Crippen LogP) is 3.66. The Balaban J connectivity index is 0.00000196. The van der Waals surface area contributed by atoms with Crippen LogP contribution >= 0.6 is 12.4 Å². The van der Waals surface area contributed by atoms with Crippen molar-refractivity contribution in [3.63, 3.8) is 0 Å². The van der Waals surface area contributed by atoms with Crippen molar-refractivity contribution in [3.8, 4) is 11.1 Å². The molecule has 0 spiro atoms. The van der Waals surface area contributed by atoms with Gasteiger partial charge in [0.05, 0.1) is 12.6 Å². The molecule has 1 fully saturated rings. The summed E-state index contributed by atoms with van der Waals surface area (Å²) in [5.41, 5.74) is 5.52. The van der Waals surface area contributed by atoms with Gasteiger partial charge in [0.15, 0.2) is 0 Å². The quantitative estimate of drug-likeness (QED) is 0.889. The van der Waals surface area contributed by atoms with E-state index in [1.807, 2.05) is 11.9 Å². The summed E-state index contributed by atoms with van der Waals surface area (Å²) in [6, 6.07) is 18.1. The predicted molar refractivity (Wildman–Crippen MR) is 106 cm³/mol. The zero-order valence-corrected chi connectivity index (χ0v) is 15.8. The average Bonchev–Trinajstić information content (AvgIpc) is 2.96. The minimum Gasteiger partial charge on any atom is -0.480 e. The number of aliphatic carboxylic acids is 1. The van der Waals surface area contributed by atoms with E-state index in [1.54, 1.807) is 0 Å². The molecule has 4 rings (SSSR count). The fourth-order valence-corrected chi connectivity index (χ4v) is 4.45. The highest BCUT2D eigenvalue weighted by Gasteiger charge is 2.35. The van der Waals surface area contributed by atoms with Gasteiger partial charge in [-0.15, -0.1) is 12.4 Å². The molecule has 0 saturated carbocycles. The molecule has 0 radical (unpaired) electrons. The van der Waals surface area contributed by atoms with Crippen LogP contribution in [0.2, 0.25) is 0 Å². The van der Waals surface area contributed by atoms with Crippen molar-refractivity contribution in [3.05, 3.63) is 59.7 Å². The molecule has 1 saturated heterocycles. The third kappa shape index (κ3) is 3.37. The number of fused-ring (bicyclic) bond motifs is 3. The van der Waals surface area contributed by atoms with Gasteiger partial charge in [-0.05, 0) is 42.1 Å². The number of carboxylic acid groups (broad SMARTS) is 1. The second-order valence-corrected chi connectivity index (χ2v) is 7.15. The first-order valence-corrected chi connectivity index (χ1v) is 8.99. The zero-order chi connectivity index (χ0) is 17.4. The van der Waals surface area contributed by atoms with Crippen LogP contribution in [0.25, 0.3) is 11.1 Å². The van der Waals surface area contributed by atoms with E-state index >= 15 is 0 Å². The standard InChI is InChI=1S/C21H24N2O2.ClH/c1-22(14-20(24)25)15-10-12-23(13-11-15)21-18-8-4-2-6-16(18)17-7-3-5-9-19(17)21;/h2-9,15,21H,10-14H2,1H3,(H,24,25);1H. The van der Waals surface area contributed by atoms with E-state index in [0.29, 0.717) is 12.1 Å². The molecule has 2 aromatic carbocycles. The lowest BCUT2D eigenvalue weighted by molar-refractivity contribution is -0.138. The first-order valence-electron chi connectivity index (χ1n) is 8.99. The van der Waals surface area contributed by atoms with Crippen LogP contribution in [0.3, 0.4) is 0 Å². The molecule has 0 aromatic heterocycles. The number of benzene rings is 2. The van der Waals surface area contributed by atoms with Gasteiger partial charge in [-0.2, -0.15) is 0 Å². The monoisotopic (exact) mass is 372 g/mol. The van der Waals surface area contributed by atoms with E-state index < -0.39 is 5.97 Å². The Labute approximate surface area is 160 Å². The maximum Gasteiger partial charge on any atom is 0.317 e. The summed E-state index contributed by atoms with van der Waals surface area (Å²) in [6.07, 6.45) is 2.04. The van der Waals surface area contributed by atoms with Crippen LogP contribution in [0, 0.1) is 0 Å². The van der Waals surface area contributed by atoms with Crippen LogP contribution in [0.15, 0.2) is 48.5 Å². The summed E-state index contributed by atoms with van der Waals surface area (Å²) in [4.78, 5) is 15.5. The smallest absolute Gasteiger partial charge is 0.317 e. The molecule has 0 atom stereocenters. The lowest BCUT2D eigenvalue weighted by Crippen LogP contribution is -2.45. The zero-order valence-electron chi connectivity index (χ0n) is 15.0. The highest BCUT2D eigenvalue weighted by atomic mass is 35.5. The van der Waals surface area contributed by atoms with Crippen LogP contribution in [0.1, 0.15) is 30.0 Å². The van der Waals surface area contributed by atoms with Gasteiger partial charge in [0.2, 0.25) is 0 Å². The summed E-state index contributed by atoms with van der Waals surface area (Å²) in [6.45, 7) is 2.13. The Morgan fingerprint density at radius 1 is 1.04 bits per heavy atom. The van der Waals surface area contributed by atoms with Crippen molar-refractivity contribution >= 4 is 18.4 Å². The van der Waals surface area contributed by atoms with Gasteiger partial charge in [0, 0.05) is 19.1 Å². The lowest BCUT2D eigenvalue weighted by atomic mass is 9.97. The minimum atomic E-state index is -0.747. The Hall–Kier alpha value is -1.88. The third-order valence-corrected chi connectivity index (χ3v) is 5.67. The maximum atomic E-state index is 10.9. The van der Waals surface area contributed by atoms with E-state index in [-0.39, 0.29) is 19.0 Å². The first kappa shape index (κ1) is 18.9. The van der Waals surface area contributed by atoms with E-state index in [4.69, 9.17) is 5.11 Å². The van der Waals surface area contributed by atoms with Gasteiger partial charge in [-0.3, -0.25) is 14.6 Å². The number of carboxylic acids is 1. The Morgan fingerprint density at radius 3 is 2.04 bits per heavy atom. The highest BCUT2D eigenvalue weighted by Crippen LogP contribution is 2.46. The molecule has 26 heavy (non-hydrogen) atoms. The summed E-state index contributed by atoms with van der Waals surface area (Å²) in [5, 5.41) is 9.01. The van der Waals surface area contributed by atoms with Crippen LogP contribution in [-0.4, -0.2) is 53.6 Å². The number of rotatable bonds is 4. The van der Waals surface area contributed by atoms with Crippen LogP contribution in [0.5, 0.6) is 0 Å². The summed E-state index contributed by atoms with van der Waals surface area (Å²) in [7, 11) is 1.93. The summed E-state index contributed by atoms with van der Waals surface area (Å²) in [5.74, 6) is -0.747. The van der Waals surface area contributed by atoms with Crippen molar-refractivity contribution in [1.29, 1.82) is 0 Å². The van der Waals surface area contributed by atoms with E-state index in [2.05, 4.69) is 53.4 Å². The Bertz CT molecular complexity index is 742. The number of halogens is 1. The average molecular weight is 373 g/mol. The molecule has 0 bridgehead atoms. The number of likely N-dealkylation sites (N-methyl/N-ethyl adjacent to an activating group) is 1. The van der Waals surface area contributed by atoms with E-state index in [1.165, 1.54) is 22.3 Å². The molecule has 2 aromatic rings. The molecule has 0 amide bonds. The first-order chi connectivity index (χ1) is 12.1. The molecule has 1 N–H and O–H groups in total. The number of piperidine rings is 1. The molecule has 1 aliphatic heterocycles. The van der Waals surface area contributed by atoms with Gasteiger partial charge >= 0.3 is 5.97 Å². The molecule has 0 unspecified atom stereocenters. The second-order valence-electron chi connectivity index (χ2n) is 7.15. The van der Waals surface area contributed by atoms with Crippen molar-refractivity contribution in [2.24, 2.45) is 0 Å². The van der Waals surface area contributed by atoms with Gasteiger partial charge in [0.25, 0.3) is 0 Å². The second kappa shape index (κ2) is 7.78. The van der Waals surface area contributed by atoms with Gasteiger partial charge < -0.3 is 5.11 Å². The van der Waals surface area contributed by atoms with Gasteiger partial charge in [0.1, 0.15) is 0 Å². The SMILES string of the molecule is CN(CC(=O)O)C1CCN(C2c3ccccc3-c3ccccc32)CC1.Cl. The van der Waals surface area contributed by atoms with Crippen molar-refractivity contribution in [2.75, 3.05) is 26.7 Å². The van der Waals surface area contributed by atoms with E-state index in [0.717, 1.165) is 25.9 Å². The molecule has 1 heterocycles. The Kier molecular flexibility index (Phi) is 5.66. The van der Waals surface area contributed by atoms with Crippen molar-refractivity contribution < 1.29 is 9.90 Å². The lowest BCUT2D eigenvalue weighted by Gasteiger charge is -2.39. The fourth-order valence-electron chi connectivity index (χ4n) is 4.45. The minimum absolute atomic E-state index is 0. The van der Waals surface area contributed by atoms with Crippen LogP contribution in [0.4, 0.5) is 0 Å². The molecule has 5 heteroatoms. The van der Waals surface area contributed by atoms with Gasteiger partial charge in [-0.1, -0.05) is 48.5 Å².